The molecule has 0 radical (unpaired) electrons. The average molecular weight is 329 g/mol. The molecule has 0 spiro atoms. The first kappa shape index (κ1) is 22.7. The summed E-state index contributed by atoms with van der Waals surface area (Å²) in [5.74, 6) is 0. The van der Waals surface area contributed by atoms with Crippen molar-refractivity contribution in [2.45, 2.75) is 90.9 Å². The van der Waals surface area contributed by atoms with Gasteiger partial charge in [-0.1, -0.05) is 100 Å². The van der Waals surface area contributed by atoms with Gasteiger partial charge < -0.3 is 0 Å². The molecule has 24 heavy (non-hydrogen) atoms. The molecule has 0 bridgehead atoms. The lowest BCUT2D eigenvalue weighted by Gasteiger charge is -1.90. The highest BCUT2D eigenvalue weighted by Crippen LogP contribution is 2.02. The first-order valence-corrected chi connectivity index (χ1v) is 10.2. The van der Waals surface area contributed by atoms with Gasteiger partial charge in [0, 0.05) is 0 Å². The van der Waals surface area contributed by atoms with Gasteiger partial charge in [-0.15, -0.1) is 0 Å². The first-order valence-electron chi connectivity index (χ1n) is 10.2. The molecule has 0 fully saturated rings. The van der Waals surface area contributed by atoms with Crippen LogP contribution in [-0.4, -0.2) is 0 Å². The monoisotopic (exact) mass is 328 g/mol. The molecule has 0 aromatic rings. The molecule has 0 aliphatic carbocycles. The Balaban J connectivity index is 3.42. The predicted molar refractivity (Wildman–Crippen MR) is 112 cm³/mol. The van der Waals surface area contributed by atoms with Crippen molar-refractivity contribution in [3.05, 3.63) is 60.8 Å². The fourth-order valence-corrected chi connectivity index (χ4v) is 2.34. The molecular weight excluding hydrogens is 288 g/mol. The Bertz CT molecular complexity index is 329. The summed E-state index contributed by atoms with van der Waals surface area (Å²) in [4.78, 5) is 0. The van der Waals surface area contributed by atoms with E-state index in [1.165, 1.54) is 51.4 Å². The first-order chi connectivity index (χ1) is 11.9. The van der Waals surface area contributed by atoms with Crippen molar-refractivity contribution in [1.29, 1.82) is 0 Å². The summed E-state index contributed by atoms with van der Waals surface area (Å²) >= 11 is 0. The molecule has 0 amide bonds. The van der Waals surface area contributed by atoms with Crippen LogP contribution in [0.15, 0.2) is 60.8 Å². The summed E-state index contributed by atoms with van der Waals surface area (Å²) in [6.07, 6.45) is 37.5. The molecule has 0 rings (SSSR count). The molecule has 0 aliphatic heterocycles. The largest absolute Gasteiger partial charge is 0.0882 e. The Hall–Kier alpha value is -1.30. The standard InChI is InChI=1S/C24H40/c1-3-5-7-9-11-13-15-17-19-21-23-24-22-20-18-16-14-12-10-8-6-4-2/h11-14,17-20,23-24H,3-10,15-16,21-22H2,1-2H3. The highest BCUT2D eigenvalue weighted by atomic mass is 13.9. The van der Waals surface area contributed by atoms with Crippen molar-refractivity contribution in [1.82, 2.24) is 0 Å². The van der Waals surface area contributed by atoms with Crippen LogP contribution in [0.2, 0.25) is 0 Å². The van der Waals surface area contributed by atoms with Gasteiger partial charge in [-0.2, -0.15) is 0 Å². The molecular formula is C24H40. The van der Waals surface area contributed by atoms with E-state index in [2.05, 4.69) is 74.6 Å². The third-order valence-corrected chi connectivity index (χ3v) is 3.87. The summed E-state index contributed by atoms with van der Waals surface area (Å²) < 4.78 is 0. The Morgan fingerprint density at radius 1 is 0.375 bits per heavy atom. The van der Waals surface area contributed by atoms with Crippen LogP contribution in [0.5, 0.6) is 0 Å². The molecule has 0 unspecified atom stereocenters. The molecule has 0 saturated heterocycles. The lowest BCUT2D eigenvalue weighted by Crippen LogP contribution is -1.70. The van der Waals surface area contributed by atoms with E-state index in [9.17, 15) is 0 Å². The van der Waals surface area contributed by atoms with Crippen LogP contribution in [-0.2, 0) is 0 Å². The average Bonchev–Trinajstić information content (AvgIpc) is 2.60. The smallest absolute Gasteiger partial charge is 0.0169 e. The Morgan fingerprint density at radius 3 is 0.958 bits per heavy atom. The number of allylic oxidation sites excluding steroid dienone is 10. The summed E-state index contributed by atoms with van der Waals surface area (Å²) in [6, 6.07) is 0. The van der Waals surface area contributed by atoms with Crippen molar-refractivity contribution in [2.75, 3.05) is 0 Å². The van der Waals surface area contributed by atoms with E-state index in [4.69, 9.17) is 0 Å². The molecule has 0 heterocycles. The number of unbranched alkanes of at least 4 members (excludes halogenated alkanes) is 6. The Kier molecular flexibility index (Phi) is 20.5. The highest BCUT2D eigenvalue weighted by molar-refractivity contribution is 5.00. The summed E-state index contributed by atoms with van der Waals surface area (Å²) in [5.41, 5.74) is 0. The minimum Gasteiger partial charge on any atom is -0.0882 e. The van der Waals surface area contributed by atoms with Gasteiger partial charge in [0.05, 0.1) is 0 Å². The highest BCUT2D eigenvalue weighted by Gasteiger charge is 1.81. The van der Waals surface area contributed by atoms with Gasteiger partial charge in [-0.3, -0.25) is 0 Å². The molecule has 0 aliphatic rings. The van der Waals surface area contributed by atoms with E-state index in [1.54, 1.807) is 0 Å². The Labute approximate surface area is 152 Å². The normalized spacial score (nSPS) is 12.9. The van der Waals surface area contributed by atoms with Crippen LogP contribution in [0.25, 0.3) is 0 Å². The lowest BCUT2D eigenvalue weighted by molar-refractivity contribution is 0.728. The van der Waals surface area contributed by atoms with E-state index in [1.807, 2.05) is 0 Å². The molecule has 0 aromatic carbocycles. The molecule has 0 nitrogen and oxygen atoms in total. The van der Waals surface area contributed by atoms with Crippen LogP contribution in [0.4, 0.5) is 0 Å². The fraction of sp³-hybridized carbons (Fsp3) is 0.583. The van der Waals surface area contributed by atoms with Crippen LogP contribution in [0.3, 0.4) is 0 Å². The SMILES string of the molecule is CCCCCC=CCC=CCC=CCC=CCC=CCCCCC. The minimum atomic E-state index is 1.05. The summed E-state index contributed by atoms with van der Waals surface area (Å²) in [6.45, 7) is 4.50. The zero-order valence-electron chi connectivity index (χ0n) is 16.3. The second-order valence-corrected chi connectivity index (χ2v) is 6.29. The van der Waals surface area contributed by atoms with Gasteiger partial charge in [0.1, 0.15) is 0 Å². The predicted octanol–water partition coefficient (Wildman–Crippen LogP) is 8.49. The van der Waals surface area contributed by atoms with Crippen LogP contribution < -0.4 is 0 Å². The van der Waals surface area contributed by atoms with Crippen molar-refractivity contribution in [3.63, 3.8) is 0 Å². The number of hydrogen-bond acceptors (Lipinski definition) is 0. The van der Waals surface area contributed by atoms with Crippen LogP contribution >= 0.6 is 0 Å². The van der Waals surface area contributed by atoms with Gasteiger partial charge in [-0.25, -0.2) is 0 Å². The molecule has 0 heteroatoms. The summed E-state index contributed by atoms with van der Waals surface area (Å²) in [7, 11) is 0. The molecule has 0 aromatic heterocycles. The van der Waals surface area contributed by atoms with Crippen molar-refractivity contribution >= 4 is 0 Å². The zero-order chi connectivity index (χ0) is 17.6. The third-order valence-electron chi connectivity index (χ3n) is 3.87. The maximum absolute atomic E-state index is 2.32. The van der Waals surface area contributed by atoms with Crippen molar-refractivity contribution in [3.8, 4) is 0 Å². The summed E-state index contributed by atoms with van der Waals surface area (Å²) in [5, 5.41) is 0. The maximum Gasteiger partial charge on any atom is -0.0169 e. The molecule has 0 N–H and O–H groups in total. The van der Waals surface area contributed by atoms with E-state index in [0.29, 0.717) is 0 Å². The van der Waals surface area contributed by atoms with Crippen molar-refractivity contribution < 1.29 is 0 Å². The maximum atomic E-state index is 2.32. The van der Waals surface area contributed by atoms with Gasteiger partial charge in [0.15, 0.2) is 0 Å². The van der Waals surface area contributed by atoms with Gasteiger partial charge >= 0.3 is 0 Å². The second kappa shape index (κ2) is 21.7. The second-order valence-electron chi connectivity index (χ2n) is 6.29. The van der Waals surface area contributed by atoms with Gasteiger partial charge in [-0.05, 0) is 51.4 Å². The zero-order valence-corrected chi connectivity index (χ0v) is 16.3. The van der Waals surface area contributed by atoms with E-state index < -0.39 is 0 Å². The molecule has 136 valence electrons. The van der Waals surface area contributed by atoms with E-state index in [0.717, 1.165) is 25.7 Å². The lowest BCUT2D eigenvalue weighted by atomic mass is 10.2. The van der Waals surface area contributed by atoms with E-state index >= 15 is 0 Å². The van der Waals surface area contributed by atoms with Crippen molar-refractivity contribution in [2.24, 2.45) is 0 Å². The minimum absolute atomic E-state index is 1.05. The molecule has 0 atom stereocenters. The van der Waals surface area contributed by atoms with Gasteiger partial charge in [0.25, 0.3) is 0 Å². The van der Waals surface area contributed by atoms with Crippen LogP contribution in [0.1, 0.15) is 90.9 Å². The third kappa shape index (κ3) is 20.7. The quantitative estimate of drug-likeness (QED) is 0.197. The fourth-order valence-electron chi connectivity index (χ4n) is 2.34. The number of rotatable bonds is 16. The Morgan fingerprint density at radius 2 is 0.667 bits per heavy atom. The van der Waals surface area contributed by atoms with Gasteiger partial charge in [0.2, 0.25) is 0 Å². The molecule has 0 saturated carbocycles. The van der Waals surface area contributed by atoms with Crippen LogP contribution in [0, 0.1) is 0 Å². The topological polar surface area (TPSA) is 0 Å². The van der Waals surface area contributed by atoms with E-state index in [-0.39, 0.29) is 0 Å². The number of hydrogen-bond donors (Lipinski definition) is 0.